The maximum Gasteiger partial charge on any atom is 0.251 e. The van der Waals surface area contributed by atoms with Gasteiger partial charge in [0.1, 0.15) is 0 Å². The van der Waals surface area contributed by atoms with Gasteiger partial charge in [0.25, 0.3) is 5.91 Å². The Morgan fingerprint density at radius 1 is 0.885 bits per heavy atom. The summed E-state index contributed by atoms with van der Waals surface area (Å²) in [5, 5.41) is 7.08. The molecule has 3 heterocycles. The molecule has 0 atom stereocenters. The van der Waals surface area contributed by atoms with Gasteiger partial charge in [-0.15, -0.1) is 22.7 Å². The zero-order chi connectivity index (χ0) is 17.8. The minimum atomic E-state index is -0.0799. The Balaban J connectivity index is 1.46. The number of nitrogens with zero attached hydrogens (tertiary/aromatic N) is 1. The van der Waals surface area contributed by atoms with Gasteiger partial charge < -0.3 is 5.32 Å². The van der Waals surface area contributed by atoms with Gasteiger partial charge in [-0.05, 0) is 52.2 Å². The third kappa shape index (κ3) is 3.59. The molecule has 0 aliphatic rings. The first-order valence-electron chi connectivity index (χ1n) is 8.21. The molecule has 0 spiro atoms. The number of pyridine rings is 1. The number of hydrogen-bond donors (Lipinski definition) is 1. The van der Waals surface area contributed by atoms with Crippen LogP contribution in [0.15, 0.2) is 77.6 Å². The molecule has 26 heavy (non-hydrogen) atoms. The van der Waals surface area contributed by atoms with E-state index in [2.05, 4.69) is 21.7 Å². The van der Waals surface area contributed by atoms with Crippen molar-refractivity contribution in [2.75, 3.05) is 0 Å². The molecule has 4 rings (SSSR count). The monoisotopic (exact) mass is 376 g/mol. The average molecular weight is 377 g/mol. The molecule has 1 amide bonds. The summed E-state index contributed by atoms with van der Waals surface area (Å²) in [4.78, 5) is 19.3. The van der Waals surface area contributed by atoms with Crippen molar-refractivity contribution in [3.8, 4) is 21.0 Å². The van der Waals surface area contributed by atoms with Crippen LogP contribution in [0.25, 0.3) is 21.0 Å². The molecule has 0 aliphatic carbocycles. The lowest BCUT2D eigenvalue weighted by Crippen LogP contribution is -2.23. The molecule has 0 bridgehead atoms. The Hall–Kier alpha value is -2.76. The van der Waals surface area contributed by atoms with Crippen LogP contribution < -0.4 is 5.32 Å². The van der Waals surface area contributed by atoms with Gasteiger partial charge in [0, 0.05) is 23.2 Å². The van der Waals surface area contributed by atoms with Crippen molar-refractivity contribution in [2.45, 2.75) is 6.54 Å². The largest absolute Gasteiger partial charge is 0.348 e. The molecule has 0 unspecified atom stereocenters. The summed E-state index contributed by atoms with van der Waals surface area (Å²) in [6.45, 7) is 0.451. The molecular weight excluding hydrogens is 360 g/mol. The van der Waals surface area contributed by atoms with Crippen molar-refractivity contribution in [3.05, 3.63) is 88.7 Å². The molecule has 0 radical (unpaired) electrons. The van der Waals surface area contributed by atoms with E-state index in [1.807, 2.05) is 60.0 Å². The van der Waals surface area contributed by atoms with Crippen molar-refractivity contribution in [1.82, 2.24) is 10.3 Å². The van der Waals surface area contributed by atoms with Gasteiger partial charge in [-0.1, -0.05) is 30.3 Å². The van der Waals surface area contributed by atoms with Crippen molar-refractivity contribution in [1.29, 1.82) is 0 Å². The van der Waals surface area contributed by atoms with Gasteiger partial charge in [-0.25, -0.2) is 0 Å². The molecule has 0 saturated carbocycles. The second kappa shape index (κ2) is 7.64. The Morgan fingerprint density at radius 2 is 1.62 bits per heavy atom. The average Bonchev–Trinajstić information content (AvgIpc) is 3.40. The molecule has 3 aromatic heterocycles. The van der Waals surface area contributed by atoms with Crippen LogP contribution in [0.4, 0.5) is 0 Å². The third-order valence-corrected chi connectivity index (χ3v) is 5.83. The molecule has 0 aliphatic heterocycles. The number of amides is 1. The van der Waals surface area contributed by atoms with Gasteiger partial charge in [0.2, 0.25) is 0 Å². The van der Waals surface area contributed by atoms with Crippen LogP contribution in [-0.2, 0) is 6.54 Å². The molecule has 4 aromatic rings. The highest BCUT2D eigenvalue weighted by atomic mass is 32.1. The minimum Gasteiger partial charge on any atom is -0.348 e. The number of nitrogens with one attached hydrogen (secondary N) is 1. The summed E-state index contributed by atoms with van der Waals surface area (Å²) < 4.78 is 0. The molecule has 1 aromatic carbocycles. The first kappa shape index (κ1) is 16.7. The fraction of sp³-hybridized carbons (Fsp3) is 0.0476. The van der Waals surface area contributed by atoms with Gasteiger partial charge in [-0.3, -0.25) is 9.78 Å². The van der Waals surface area contributed by atoms with Crippen molar-refractivity contribution in [3.63, 3.8) is 0 Å². The van der Waals surface area contributed by atoms with Crippen LogP contribution in [0.5, 0.6) is 0 Å². The van der Waals surface area contributed by atoms with Gasteiger partial charge in [0.05, 0.1) is 10.6 Å². The fourth-order valence-corrected chi connectivity index (χ4v) is 4.21. The normalized spacial score (nSPS) is 10.6. The molecule has 3 nitrogen and oxygen atoms in total. The number of carbonyl (C=O) groups excluding carboxylic acids is 1. The highest BCUT2D eigenvalue weighted by Gasteiger charge is 2.10. The van der Waals surface area contributed by atoms with Crippen molar-refractivity contribution < 1.29 is 4.79 Å². The SMILES string of the molecule is O=C(NCc1cccnc1-c1cccs1)c1ccc(-c2cccs2)cc1. The molecular formula is C21H16N2OS2. The number of benzene rings is 1. The first-order chi connectivity index (χ1) is 12.8. The number of aromatic nitrogens is 1. The summed E-state index contributed by atoms with van der Waals surface area (Å²) in [6, 6.07) is 19.8. The quantitative estimate of drug-likeness (QED) is 0.502. The molecule has 0 fully saturated rings. The maximum absolute atomic E-state index is 12.5. The van der Waals surface area contributed by atoms with Gasteiger partial charge in [-0.2, -0.15) is 0 Å². The Labute approximate surface area is 160 Å². The topological polar surface area (TPSA) is 42.0 Å². The number of carbonyl (C=O) groups is 1. The predicted molar refractivity (Wildman–Crippen MR) is 108 cm³/mol. The Bertz CT molecular complexity index is 991. The van der Waals surface area contributed by atoms with E-state index in [0.717, 1.165) is 21.7 Å². The summed E-state index contributed by atoms with van der Waals surface area (Å²) in [5.74, 6) is -0.0799. The van der Waals surface area contributed by atoms with E-state index in [0.29, 0.717) is 12.1 Å². The van der Waals surface area contributed by atoms with E-state index in [-0.39, 0.29) is 5.91 Å². The predicted octanol–water partition coefficient (Wildman–Crippen LogP) is 5.47. The van der Waals surface area contributed by atoms with Gasteiger partial charge in [0.15, 0.2) is 0 Å². The van der Waals surface area contributed by atoms with Crippen LogP contribution in [0.1, 0.15) is 15.9 Å². The fourth-order valence-electron chi connectivity index (χ4n) is 2.72. The van der Waals surface area contributed by atoms with Crippen LogP contribution in [0.3, 0.4) is 0 Å². The third-order valence-electron chi connectivity index (χ3n) is 4.04. The lowest BCUT2D eigenvalue weighted by Gasteiger charge is -2.09. The number of hydrogen-bond acceptors (Lipinski definition) is 4. The van der Waals surface area contributed by atoms with E-state index in [9.17, 15) is 4.79 Å². The molecule has 0 saturated heterocycles. The summed E-state index contributed by atoms with van der Waals surface area (Å²) >= 11 is 3.34. The second-order valence-electron chi connectivity index (χ2n) is 5.73. The van der Waals surface area contributed by atoms with Crippen LogP contribution in [0.2, 0.25) is 0 Å². The first-order valence-corrected chi connectivity index (χ1v) is 9.97. The number of rotatable bonds is 5. The summed E-state index contributed by atoms with van der Waals surface area (Å²) in [7, 11) is 0. The van der Waals surface area contributed by atoms with E-state index in [1.165, 1.54) is 4.88 Å². The standard InChI is InChI=1S/C21H16N2OS2/c24-21(16-9-7-15(8-10-16)18-5-2-12-25-18)23-14-17-4-1-11-22-20(17)19-6-3-13-26-19/h1-13H,14H2,(H,23,24). The van der Waals surface area contributed by atoms with E-state index >= 15 is 0 Å². The van der Waals surface area contributed by atoms with Crippen LogP contribution in [0, 0.1) is 0 Å². The number of thiophene rings is 2. The van der Waals surface area contributed by atoms with Crippen molar-refractivity contribution in [2.24, 2.45) is 0 Å². The Kier molecular flexibility index (Phi) is 4.91. The lowest BCUT2D eigenvalue weighted by atomic mass is 10.1. The zero-order valence-electron chi connectivity index (χ0n) is 13.9. The maximum atomic E-state index is 12.5. The van der Waals surface area contributed by atoms with Gasteiger partial charge >= 0.3 is 0 Å². The van der Waals surface area contributed by atoms with E-state index in [1.54, 1.807) is 28.9 Å². The Morgan fingerprint density at radius 3 is 2.31 bits per heavy atom. The summed E-state index contributed by atoms with van der Waals surface area (Å²) in [6.07, 6.45) is 1.78. The molecule has 1 N–H and O–H groups in total. The van der Waals surface area contributed by atoms with E-state index in [4.69, 9.17) is 0 Å². The highest BCUT2D eigenvalue weighted by Crippen LogP contribution is 2.26. The minimum absolute atomic E-state index is 0.0799. The van der Waals surface area contributed by atoms with Crippen LogP contribution >= 0.6 is 22.7 Å². The lowest BCUT2D eigenvalue weighted by molar-refractivity contribution is 0.0951. The molecule has 5 heteroatoms. The summed E-state index contributed by atoms with van der Waals surface area (Å²) in [5.41, 5.74) is 3.73. The smallest absolute Gasteiger partial charge is 0.251 e. The van der Waals surface area contributed by atoms with Crippen LogP contribution in [-0.4, -0.2) is 10.9 Å². The van der Waals surface area contributed by atoms with E-state index < -0.39 is 0 Å². The molecule has 128 valence electrons. The highest BCUT2D eigenvalue weighted by molar-refractivity contribution is 7.13. The van der Waals surface area contributed by atoms with Crippen molar-refractivity contribution >= 4 is 28.6 Å². The second-order valence-corrected chi connectivity index (χ2v) is 7.62. The zero-order valence-corrected chi connectivity index (χ0v) is 15.5.